The Morgan fingerprint density at radius 1 is 1.13 bits per heavy atom. The Morgan fingerprint density at radius 3 is 2.27 bits per heavy atom. The summed E-state index contributed by atoms with van der Waals surface area (Å²) in [6.45, 7) is 9.30. The highest BCUT2D eigenvalue weighted by Gasteiger charge is 2.04. The second-order valence-corrected chi connectivity index (χ2v) is 4.57. The SMILES string of the molecule is CCN(CCCN(C)C)CCC(C)NC. The zero-order valence-corrected chi connectivity index (χ0v) is 11.2. The van der Waals surface area contributed by atoms with E-state index in [9.17, 15) is 0 Å². The maximum atomic E-state index is 3.28. The van der Waals surface area contributed by atoms with E-state index in [0.29, 0.717) is 6.04 Å². The molecule has 0 fully saturated rings. The van der Waals surface area contributed by atoms with Gasteiger partial charge in [-0.1, -0.05) is 6.92 Å². The van der Waals surface area contributed by atoms with Gasteiger partial charge >= 0.3 is 0 Å². The lowest BCUT2D eigenvalue weighted by molar-refractivity contribution is 0.255. The molecule has 0 saturated carbocycles. The molecule has 0 rings (SSSR count). The molecule has 0 aliphatic carbocycles. The number of hydrogen-bond donors (Lipinski definition) is 1. The van der Waals surface area contributed by atoms with Gasteiger partial charge in [0, 0.05) is 6.04 Å². The molecule has 1 unspecified atom stereocenters. The lowest BCUT2D eigenvalue weighted by Gasteiger charge is -2.23. The molecule has 0 amide bonds. The first-order valence-electron chi connectivity index (χ1n) is 6.14. The lowest BCUT2D eigenvalue weighted by atomic mass is 10.2. The number of hydrogen-bond acceptors (Lipinski definition) is 3. The van der Waals surface area contributed by atoms with E-state index in [1.165, 1.54) is 39.0 Å². The highest BCUT2D eigenvalue weighted by molar-refractivity contribution is 4.63. The fourth-order valence-electron chi connectivity index (χ4n) is 1.56. The lowest BCUT2D eigenvalue weighted by Crippen LogP contribution is -2.32. The van der Waals surface area contributed by atoms with Gasteiger partial charge in [-0.05, 0) is 67.1 Å². The summed E-state index contributed by atoms with van der Waals surface area (Å²) in [6, 6.07) is 0.632. The Balaban J connectivity index is 3.54. The van der Waals surface area contributed by atoms with Crippen molar-refractivity contribution >= 4 is 0 Å². The van der Waals surface area contributed by atoms with E-state index in [1.54, 1.807) is 0 Å². The molecular weight excluding hydrogens is 186 g/mol. The van der Waals surface area contributed by atoms with Gasteiger partial charge in [0.1, 0.15) is 0 Å². The van der Waals surface area contributed by atoms with Crippen molar-refractivity contribution in [3.63, 3.8) is 0 Å². The van der Waals surface area contributed by atoms with E-state index in [1.807, 2.05) is 7.05 Å². The summed E-state index contributed by atoms with van der Waals surface area (Å²) in [7, 11) is 6.31. The molecule has 0 spiro atoms. The average Bonchev–Trinajstić information content (AvgIpc) is 2.22. The normalized spacial score (nSPS) is 13.8. The molecule has 0 saturated heterocycles. The monoisotopic (exact) mass is 215 g/mol. The predicted molar refractivity (Wildman–Crippen MR) is 68.4 cm³/mol. The topological polar surface area (TPSA) is 18.5 Å². The maximum Gasteiger partial charge on any atom is 0.00479 e. The van der Waals surface area contributed by atoms with Crippen LogP contribution >= 0.6 is 0 Å². The molecule has 1 N–H and O–H groups in total. The Hall–Kier alpha value is -0.120. The molecule has 0 heterocycles. The van der Waals surface area contributed by atoms with Crippen LogP contribution < -0.4 is 5.32 Å². The number of nitrogens with zero attached hydrogens (tertiary/aromatic N) is 2. The van der Waals surface area contributed by atoms with Crippen LogP contribution in [0.5, 0.6) is 0 Å². The fraction of sp³-hybridized carbons (Fsp3) is 1.00. The molecule has 0 aliphatic rings. The molecule has 0 aromatic heterocycles. The molecule has 0 aromatic carbocycles. The minimum absolute atomic E-state index is 0.632. The Bertz CT molecular complexity index is 137. The van der Waals surface area contributed by atoms with Crippen LogP contribution in [0.4, 0.5) is 0 Å². The summed E-state index contributed by atoms with van der Waals surface area (Å²) in [5.74, 6) is 0. The summed E-state index contributed by atoms with van der Waals surface area (Å²) in [5, 5.41) is 3.28. The van der Waals surface area contributed by atoms with Crippen molar-refractivity contribution in [2.24, 2.45) is 0 Å². The Kier molecular flexibility index (Phi) is 9.06. The third-order valence-corrected chi connectivity index (χ3v) is 2.90. The molecular formula is C12H29N3. The van der Waals surface area contributed by atoms with Gasteiger partial charge in [-0.3, -0.25) is 0 Å². The molecule has 0 radical (unpaired) electrons. The first-order valence-corrected chi connectivity index (χ1v) is 6.14. The second-order valence-electron chi connectivity index (χ2n) is 4.57. The fourth-order valence-corrected chi connectivity index (χ4v) is 1.56. The maximum absolute atomic E-state index is 3.28. The Labute approximate surface area is 95.8 Å². The van der Waals surface area contributed by atoms with Crippen LogP contribution in [-0.2, 0) is 0 Å². The van der Waals surface area contributed by atoms with E-state index in [4.69, 9.17) is 0 Å². The first kappa shape index (κ1) is 14.9. The van der Waals surface area contributed by atoms with Crippen LogP contribution in [-0.4, -0.2) is 63.2 Å². The van der Waals surface area contributed by atoms with Crippen molar-refractivity contribution in [3.05, 3.63) is 0 Å². The minimum atomic E-state index is 0.632. The van der Waals surface area contributed by atoms with Crippen LogP contribution in [0.1, 0.15) is 26.7 Å². The summed E-state index contributed by atoms with van der Waals surface area (Å²) in [4.78, 5) is 4.79. The van der Waals surface area contributed by atoms with Crippen LogP contribution in [0.15, 0.2) is 0 Å². The molecule has 3 heteroatoms. The summed E-state index contributed by atoms with van der Waals surface area (Å²) < 4.78 is 0. The van der Waals surface area contributed by atoms with Gasteiger partial charge in [-0.2, -0.15) is 0 Å². The average molecular weight is 215 g/mol. The molecule has 3 nitrogen and oxygen atoms in total. The largest absolute Gasteiger partial charge is 0.317 e. The van der Waals surface area contributed by atoms with Crippen molar-refractivity contribution in [2.75, 3.05) is 47.3 Å². The summed E-state index contributed by atoms with van der Waals surface area (Å²) >= 11 is 0. The Morgan fingerprint density at radius 2 is 1.80 bits per heavy atom. The van der Waals surface area contributed by atoms with E-state index in [0.717, 1.165) is 0 Å². The molecule has 0 aromatic rings. The van der Waals surface area contributed by atoms with E-state index >= 15 is 0 Å². The van der Waals surface area contributed by atoms with Crippen molar-refractivity contribution in [1.29, 1.82) is 0 Å². The number of rotatable bonds is 9. The smallest absolute Gasteiger partial charge is 0.00479 e. The van der Waals surface area contributed by atoms with Gasteiger partial charge in [-0.15, -0.1) is 0 Å². The van der Waals surface area contributed by atoms with E-state index in [2.05, 4.69) is 43.1 Å². The van der Waals surface area contributed by atoms with Gasteiger partial charge in [0.15, 0.2) is 0 Å². The van der Waals surface area contributed by atoms with E-state index < -0.39 is 0 Å². The quantitative estimate of drug-likeness (QED) is 0.625. The van der Waals surface area contributed by atoms with Crippen LogP contribution in [0, 0.1) is 0 Å². The van der Waals surface area contributed by atoms with Crippen LogP contribution in [0.2, 0.25) is 0 Å². The van der Waals surface area contributed by atoms with Crippen molar-refractivity contribution < 1.29 is 0 Å². The molecule has 1 atom stereocenters. The summed E-state index contributed by atoms with van der Waals surface area (Å²) in [5.41, 5.74) is 0. The standard InChI is InChI=1S/C12H29N3/c1-6-15(10-7-9-14(4)5)11-8-12(2)13-3/h12-13H,6-11H2,1-5H3. The summed E-state index contributed by atoms with van der Waals surface area (Å²) in [6.07, 6.45) is 2.51. The predicted octanol–water partition coefficient (Wildman–Crippen LogP) is 1.26. The third kappa shape index (κ3) is 8.85. The van der Waals surface area contributed by atoms with Gasteiger partial charge in [0.25, 0.3) is 0 Å². The van der Waals surface area contributed by atoms with Crippen LogP contribution in [0.3, 0.4) is 0 Å². The molecule has 92 valence electrons. The highest BCUT2D eigenvalue weighted by atomic mass is 15.1. The van der Waals surface area contributed by atoms with Gasteiger partial charge in [0.2, 0.25) is 0 Å². The molecule has 15 heavy (non-hydrogen) atoms. The van der Waals surface area contributed by atoms with Crippen molar-refractivity contribution in [2.45, 2.75) is 32.7 Å². The van der Waals surface area contributed by atoms with Crippen LogP contribution in [0.25, 0.3) is 0 Å². The van der Waals surface area contributed by atoms with Gasteiger partial charge < -0.3 is 15.1 Å². The van der Waals surface area contributed by atoms with E-state index in [-0.39, 0.29) is 0 Å². The highest BCUT2D eigenvalue weighted by Crippen LogP contribution is 1.97. The minimum Gasteiger partial charge on any atom is -0.317 e. The zero-order chi connectivity index (χ0) is 11.7. The first-order chi connectivity index (χ1) is 7.10. The van der Waals surface area contributed by atoms with Gasteiger partial charge in [-0.25, -0.2) is 0 Å². The van der Waals surface area contributed by atoms with Gasteiger partial charge in [0.05, 0.1) is 0 Å². The zero-order valence-electron chi connectivity index (χ0n) is 11.2. The molecule has 0 bridgehead atoms. The van der Waals surface area contributed by atoms with Crippen molar-refractivity contribution in [3.8, 4) is 0 Å². The van der Waals surface area contributed by atoms with Crippen molar-refractivity contribution in [1.82, 2.24) is 15.1 Å². The second kappa shape index (κ2) is 9.13. The number of nitrogens with one attached hydrogen (secondary N) is 1. The third-order valence-electron chi connectivity index (χ3n) is 2.90. The molecule has 0 aliphatic heterocycles.